The molecule has 1 heterocycles. The molecule has 0 saturated carbocycles. The standard InChI is InChI=1S/C18H23NO3.C2H6/c1-7-14-16(21-5)8-13(9-17(14)22-6)15-10-19(4)18(20)12(3)11(15)2;1-2/h8-10H,7H2,1-6H3;1-2H3. The van der Waals surface area contributed by atoms with Crippen molar-refractivity contribution in [3.05, 3.63) is 45.4 Å². The van der Waals surface area contributed by atoms with Crippen molar-refractivity contribution < 1.29 is 9.47 Å². The fraction of sp³-hybridized carbons (Fsp3) is 0.450. The lowest BCUT2D eigenvalue weighted by molar-refractivity contribution is 0.386. The molecule has 4 heteroatoms. The molecule has 0 radical (unpaired) electrons. The molecule has 0 aliphatic heterocycles. The van der Waals surface area contributed by atoms with Gasteiger partial charge in [0.05, 0.1) is 14.2 Å². The number of nitrogens with zero attached hydrogens (tertiary/aromatic N) is 1. The molecule has 0 fully saturated rings. The zero-order chi connectivity index (χ0) is 18.4. The Kier molecular flexibility index (Phi) is 7.08. The van der Waals surface area contributed by atoms with Crippen molar-refractivity contribution in [1.82, 2.24) is 4.57 Å². The molecule has 0 bridgehead atoms. The molecular formula is C20H29NO3. The van der Waals surface area contributed by atoms with Crippen molar-refractivity contribution in [3.8, 4) is 22.6 Å². The fourth-order valence-corrected chi connectivity index (χ4v) is 2.76. The maximum Gasteiger partial charge on any atom is 0.253 e. The highest BCUT2D eigenvalue weighted by molar-refractivity contribution is 5.72. The van der Waals surface area contributed by atoms with Crippen LogP contribution in [0.15, 0.2) is 23.1 Å². The van der Waals surface area contributed by atoms with Crippen LogP contribution in [0.4, 0.5) is 0 Å². The number of ether oxygens (including phenoxy) is 2. The van der Waals surface area contributed by atoms with E-state index < -0.39 is 0 Å². The van der Waals surface area contributed by atoms with Gasteiger partial charge in [0.15, 0.2) is 0 Å². The van der Waals surface area contributed by atoms with Crippen molar-refractivity contribution in [2.24, 2.45) is 7.05 Å². The number of aromatic nitrogens is 1. The Balaban J connectivity index is 0.00000139. The molecule has 0 amide bonds. The molecule has 0 aliphatic carbocycles. The molecule has 0 atom stereocenters. The topological polar surface area (TPSA) is 40.5 Å². The summed E-state index contributed by atoms with van der Waals surface area (Å²) in [6.45, 7) is 9.90. The second kappa shape index (κ2) is 8.57. The summed E-state index contributed by atoms with van der Waals surface area (Å²) in [5.74, 6) is 1.62. The minimum atomic E-state index is 0.0327. The first-order valence-electron chi connectivity index (χ1n) is 8.36. The van der Waals surface area contributed by atoms with Gasteiger partial charge in [-0.05, 0) is 43.5 Å². The second-order valence-corrected chi connectivity index (χ2v) is 5.42. The van der Waals surface area contributed by atoms with Gasteiger partial charge < -0.3 is 14.0 Å². The zero-order valence-electron chi connectivity index (χ0n) is 16.1. The molecule has 0 aliphatic rings. The van der Waals surface area contributed by atoms with Gasteiger partial charge in [0, 0.05) is 29.9 Å². The van der Waals surface area contributed by atoms with E-state index in [0.717, 1.165) is 45.7 Å². The van der Waals surface area contributed by atoms with Crippen LogP contribution in [0.2, 0.25) is 0 Å². The van der Waals surface area contributed by atoms with Gasteiger partial charge in [0.1, 0.15) is 11.5 Å². The molecule has 1 aromatic carbocycles. The van der Waals surface area contributed by atoms with Gasteiger partial charge in [-0.1, -0.05) is 20.8 Å². The summed E-state index contributed by atoms with van der Waals surface area (Å²) in [4.78, 5) is 12.0. The van der Waals surface area contributed by atoms with Gasteiger partial charge in [0.25, 0.3) is 5.56 Å². The summed E-state index contributed by atoms with van der Waals surface area (Å²) < 4.78 is 12.6. The summed E-state index contributed by atoms with van der Waals surface area (Å²) in [5, 5.41) is 0. The molecule has 132 valence electrons. The molecule has 1 aromatic heterocycles. The van der Waals surface area contributed by atoms with Crippen LogP contribution in [0.5, 0.6) is 11.5 Å². The van der Waals surface area contributed by atoms with Gasteiger partial charge in [-0.2, -0.15) is 0 Å². The third kappa shape index (κ3) is 3.64. The Morgan fingerprint density at radius 2 is 1.50 bits per heavy atom. The first-order chi connectivity index (χ1) is 11.4. The van der Waals surface area contributed by atoms with Crippen LogP contribution in [0.25, 0.3) is 11.1 Å². The van der Waals surface area contributed by atoms with Crippen molar-refractivity contribution in [2.45, 2.75) is 41.0 Å². The smallest absolute Gasteiger partial charge is 0.253 e. The highest BCUT2D eigenvalue weighted by Crippen LogP contribution is 2.36. The Morgan fingerprint density at radius 3 is 1.92 bits per heavy atom. The second-order valence-electron chi connectivity index (χ2n) is 5.42. The predicted octanol–water partition coefficient (Wildman–Crippen LogP) is 4.27. The zero-order valence-corrected chi connectivity index (χ0v) is 16.1. The number of pyridine rings is 1. The van der Waals surface area contributed by atoms with Crippen molar-refractivity contribution in [3.63, 3.8) is 0 Å². The summed E-state index contributed by atoms with van der Waals surface area (Å²) in [7, 11) is 5.10. The van der Waals surface area contributed by atoms with Crippen molar-refractivity contribution in [1.29, 1.82) is 0 Å². The van der Waals surface area contributed by atoms with E-state index in [1.165, 1.54) is 0 Å². The molecule has 24 heavy (non-hydrogen) atoms. The largest absolute Gasteiger partial charge is 0.496 e. The number of aryl methyl sites for hydroxylation is 1. The van der Waals surface area contributed by atoms with Crippen LogP contribution in [-0.4, -0.2) is 18.8 Å². The molecule has 0 saturated heterocycles. The van der Waals surface area contributed by atoms with E-state index in [2.05, 4.69) is 6.92 Å². The van der Waals surface area contributed by atoms with Crippen LogP contribution in [0.3, 0.4) is 0 Å². The minimum Gasteiger partial charge on any atom is -0.496 e. The lowest BCUT2D eigenvalue weighted by Crippen LogP contribution is -2.20. The van der Waals surface area contributed by atoms with E-state index in [1.54, 1.807) is 25.8 Å². The summed E-state index contributed by atoms with van der Waals surface area (Å²) in [6, 6.07) is 4.02. The van der Waals surface area contributed by atoms with E-state index in [0.29, 0.717) is 0 Å². The van der Waals surface area contributed by atoms with Crippen molar-refractivity contribution >= 4 is 0 Å². The predicted molar refractivity (Wildman–Crippen MR) is 100 cm³/mol. The lowest BCUT2D eigenvalue weighted by atomic mass is 9.97. The van der Waals surface area contributed by atoms with Gasteiger partial charge >= 0.3 is 0 Å². The number of benzene rings is 1. The molecule has 4 nitrogen and oxygen atoms in total. The average Bonchev–Trinajstić information content (AvgIpc) is 2.63. The Hall–Kier alpha value is -2.23. The van der Waals surface area contributed by atoms with E-state index >= 15 is 0 Å². The van der Waals surface area contributed by atoms with Gasteiger partial charge in [-0.3, -0.25) is 4.79 Å². The first kappa shape index (κ1) is 19.8. The quantitative estimate of drug-likeness (QED) is 0.840. The Bertz CT molecular complexity index is 735. The number of methoxy groups -OCH3 is 2. The minimum absolute atomic E-state index is 0.0327. The van der Waals surface area contributed by atoms with Gasteiger partial charge in [-0.15, -0.1) is 0 Å². The van der Waals surface area contributed by atoms with Crippen LogP contribution in [0.1, 0.15) is 37.5 Å². The molecule has 2 aromatic rings. The summed E-state index contributed by atoms with van der Waals surface area (Å²) in [5.41, 5.74) is 4.83. The number of rotatable bonds is 4. The molecule has 0 unspecified atom stereocenters. The maximum absolute atomic E-state index is 12.0. The van der Waals surface area contributed by atoms with Crippen LogP contribution < -0.4 is 15.0 Å². The van der Waals surface area contributed by atoms with Crippen LogP contribution in [0, 0.1) is 13.8 Å². The van der Waals surface area contributed by atoms with E-state index in [-0.39, 0.29) is 5.56 Å². The van der Waals surface area contributed by atoms with Crippen LogP contribution in [-0.2, 0) is 13.5 Å². The summed E-state index contributed by atoms with van der Waals surface area (Å²) >= 11 is 0. The highest BCUT2D eigenvalue weighted by Gasteiger charge is 2.15. The molecule has 0 N–H and O–H groups in total. The Morgan fingerprint density at radius 1 is 1.00 bits per heavy atom. The third-order valence-electron chi connectivity index (χ3n) is 4.20. The summed E-state index contributed by atoms with van der Waals surface area (Å²) in [6.07, 6.45) is 2.70. The SMILES string of the molecule is CC.CCc1c(OC)cc(-c2cn(C)c(=O)c(C)c2C)cc1OC. The van der Waals surface area contributed by atoms with Crippen molar-refractivity contribution in [2.75, 3.05) is 14.2 Å². The lowest BCUT2D eigenvalue weighted by Gasteiger charge is -2.17. The van der Waals surface area contributed by atoms with Gasteiger partial charge in [0.2, 0.25) is 0 Å². The monoisotopic (exact) mass is 331 g/mol. The average molecular weight is 331 g/mol. The number of hydrogen-bond acceptors (Lipinski definition) is 3. The maximum atomic E-state index is 12.0. The van der Waals surface area contributed by atoms with E-state index in [9.17, 15) is 4.79 Å². The van der Waals surface area contributed by atoms with E-state index in [1.807, 2.05) is 46.0 Å². The molecule has 0 spiro atoms. The van der Waals surface area contributed by atoms with E-state index in [4.69, 9.17) is 9.47 Å². The normalized spacial score (nSPS) is 10.0. The fourth-order valence-electron chi connectivity index (χ4n) is 2.76. The third-order valence-corrected chi connectivity index (χ3v) is 4.20. The number of hydrogen-bond donors (Lipinski definition) is 0. The van der Waals surface area contributed by atoms with Crippen LogP contribution >= 0.6 is 0 Å². The molecular weight excluding hydrogens is 302 g/mol. The highest BCUT2D eigenvalue weighted by atomic mass is 16.5. The van der Waals surface area contributed by atoms with Gasteiger partial charge in [-0.25, -0.2) is 0 Å². The molecule has 2 rings (SSSR count). The Labute approximate surface area is 145 Å². The first-order valence-corrected chi connectivity index (χ1v) is 8.36.